The highest BCUT2D eigenvalue weighted by atomic mass is 16.4. The minimum absolute atomic E-state index is 0.0577. The van der Waals surface area contributed by atoms with E-state index in [1.54, 1.807) is 6.20 Å². The van der Waals surface area contributed by atoms with Crippen LogP contribution in [0.5, 0.6) is 0 Å². The third kappa shape index (κ3) is 2.06. The highest BCUT2D eigenvalue weighted by Crippen LogP contribution is 2.42. The molecule has 118 valence electrons. The maximum absolute atomic E-state index is 12.6. The van der Waals surface area contributed by atoms with Crippen molar-refractivity contribution < 1.29 is 9.21 Å². The van der Waals surface area contributed by atoms with Crippen LogP contribution in [0.3, 0.4) is 0 Å². The number of carbonyl (C=O) groups is 1. The fraction of sp³-hybridized carbons (Fsp3) is 0. The molecule has 0 atom stereocenters. The lowest BCUT2D eigenvalue weighted by Crippen LogP contribution is -1.94. The molecule has 0 spiro atoms. The van der Waals surface area contributed by atoms with E-state index in [2.05, 4.69) is 4.98 Å². The van der Waals surface area contributed by atoms with Crippen molar-refractivity contribution in [2.24, 2.45) is 0 Å². The van der Waals surface area contributed by atoms with E-state index in [0.717, 1.165) is 27.8 Å². The lowest BCUT2D eigenvalue weighted by molar-refractivity contribution is 0.104. The Labute approximate surface area is 144 Å². The summed E-state index contributed by atoms with van der Waals surface area (Å²) in [6, 6.07) is 23.2. The van der Waals surface area contributed by atoms with Gasteiger partial charge in [-0.15, -0.1) is 0 Å². The Morgan fingerprint density at radius 3 is 2.20 bits per heavy atom. The Morgan fingerprint density at radius 1 is 0.680 bits per heavy atom. The predicted octanol–water partition coefficient (Wildman–Crippen LogP) is 5.22. The summed E-state index contributed by atoms with van der Waals surface area (Å²) in [6.45, 7) is 0. The van der Waals surface area contributed by atoms with Crippen molar-refractivity contribution in [3.63, 3.8) is 0 Å². The van der Waals surface area contributed by atoms with Crippen LogP contribution in [0.4, 0.5) is 0 Å². The number of oxazole rings is 1. The molecule has 0 saturated carbocycles. The minimum Gasteiger partial charge on any atom is -0.436 e. The Hall–Kier alpha value is -3.46. The number of aromatic nitrogens is 1. The summed E-state index contributed by atoms with van der Waals surface area (Å²) in [7, 11) is 0. The van der Waals surface area contributed by atoms with Crippen molar-refractivity contribution in [2.75, 3.05) is 0 Å². The smallest absolute Gasteiger partial charge is 0.227 e. The highest BCUT2D eigenvalue weighted by Gasteiger charge is 2.29. The summed E-state index contributed by atoms with van der Waals surface area (Å²) >= 11 is 0. The number of fused-ring (bicyclic) bond motifs is 3. The maximum atomic E-state index is 12.6. The third-order valence-corrected chi connectivity index (χ3v) is 4.54. The summed E-state index contributed by atoms with van der Waals surface area (Å²) in [5.74, 6) is 1.30. The number of ketones is 1. The van der Waals surface area contributed by atoms with Crippen LogP contribution in [0.15, 0.2) is 83.4 Å². The lowest BCUT2D eigenvalue weighted by atomic mass is 9.99. The molecule has 1 heterocycles. The highest BCUT2D eigenvalue weighted by molar-refractivity contribution is 6.23. The Bertz CT molecular complexity index is 1110. The van der Waals surface area contributed by atoms with E-state index in [9.17, 15) is 4.79 Å². The molecule has 3 aromatic carbocycles. The molecule has 0 bridgehead atoms. The van der Waals surface area contributed by atoms with E-state index in [4.69, 9.17) is 4.42 Å². The van der Waals surface area contributed by atoms with E-state index >= 15 is 0 Å². The first-order chi connectivity index (χ1) is 12.3. The second-order valence-corrected chi connectivity index (χ2v) is 6.00. The van der Waals surface area contributed by atoms with E-state index < -0.39 is 0 Å². The van der Waals surface area contributed by atoms with Gasteiger partial charge in [0.1, 0.15) is 0 Å². The number of nitrogens with zero attached hydrogens (tertiary/aromatic N) is 1. The van der Waals surface area contributed by atoms with Gasteiger partial charge in [-0.25, -0.2) is 4.98 Å². The molecule has 3 heteroatoms. The van der Waals surface area contributed by atoms with Crippen LogP contribution < -0.4 is 0 Å². The third-order valence-electron chi connectivity index (χ3n) is 4.54. The lowest BCUT2D eigenvalue weighted by Gasteiger charge is -2.05. The van der Waals surface area contributed by atoms with E-state index in [-0.39, 0.29) is 5.78 Å². The van der Waals surface area contributed by atoms with Gasteiger partial charge in [0.05, 0.1) is 6.20 Å². The van der Waals surface area contributed by atoms with E-state index in [0.29, 0.717) is 17.2 Å². The van der Waals surface area contributed by atoms with Crippen molar-refractivity contribution in [3.05, 3.63) is 90.1 Å². The average molecular weight is 323 g/mol. The van der Waals surface area contributed by atoms with Crippen LogP contribution in [-0.2, 0) is 0 Å². The van der Waals surface area contributed by atoms with E-state index in [1.807, 2.05) is 72.8 Å². The van der Waals surface area contributed by atoms with Crippen LogP contribution in [0.1, 0.15) is 15.9 Å². The van der Waals surface area contributed by atoms with Gasteiger partial charge >= 0.3 is 0 Å². The Morgan fingerprint density at radius 2 is 1.36 bits per heavy atom. The standard InChI is InChI=1S/C22H13NO2/c24-21-16-10-5-4-9-15(16)20-17(21)11-6-12-18(20)22-23-13-19(25-22)14-7-2-1-3-8-14/h1-13H. The van der Waals surface area contributed by atoms with Gasteiger partial charge in [-0.1, -0.05) is 66.7 Å². The molecule has 0 amide bonds. The molecule has 5 rings (SSSR count). The summed E-state index contributed by atoms with van der Waals surface area (Å²) in [4.78, 5) is 17.1. The first-order valence-corrected chi connectivity index (χ1v) is 8.11. The van der Waals surface area contributed by atoms with Crippen LogP contribution >= 0.6 is 0 Å². The van der Waals surface area contributed by atoms with Gasteiger partial charge in [-0.3, -0.25) is 4.79 Å². The van der Waals surface area contributed by atoms with Gasteiger partial charge < -0.3 is 4.42 Å². The monoisotopic (exact) mass is 323 g/mol. The predicted molar refractivity (Wildman–Crippen MR) is 96.2 cm³/mol. The normalized spacial score (nSPS) is 12.1. The number of hydrogen-bond donors (Lipinski definition) is 0. The maximum Gasteiger partial charge on any atom is 0.227 e. The summed E-state index contributed by atoms with van der Waals surface area (Å²) < 4.78 is 6.01. The average Bonchev–Trinajstić information content (AvgIpc) is 3.27. The molecule has 0 fully saturated rings. The number of hydrogen-bond acceptors (Lipinski definition) is 3. The van der Waals surface area contributed by atoms with Crippen molar-refractivity contribution in [1.82, 2.24) is 4.98 Å². The molecule has 0 radical (unpaired) electrons. The molecule has 0 unspecified atom stereocenters. The molecular formula is C22H13NO2. The molecule has 25 heavy (non-hydrogen) atoms. The zero-order valence-electron chi connectivity index (χ0n) is 13.3. The Kier molecular flexibility index (Phi) is 2.94. The molecule has 0 N–H and O–H groups in total. The van der Waals surface area contributed by atoms with Crippen LogP contribution in [0.25, 0.3) is 33.9 Å². The number of rotatable bonds is 2. The fourth-order valence-electron chi connectivity index (χ4n) is 3.39. The second-order valence-electron chi connectivity index (χ2n) is 6.00. The molecule has 4 aromatic rings. The molecule has 0 saturated heterocycles. The largest absolute Gasteiger partial charge is 0.436 e. The van der Waals surface area contributed by atoms with Crippen molar-refractivity contribution in [2.45, 2.75) is 0 Å². The molecule has 3 nitrogen and oxygen atoms in total. The summed E-state index contributed by atoms with van der Waals surface area (Å²) in [5.41, 5.74) is 5.11. The van der Waals surface area contributed by atoms with E-state index in [1.165, 1.54) is 0 Å². The van der Waals surface area contributed by atoms with Crippen LogP contribution in [0.2, 0.25) is 0 Å². The first kappa shape index (κ1) is 13.9. The van der Waals surface area contributed by atoms with Crippen molar-refractivity contribution in [1.29, 1.82) is 0 Å². The summed E-state index contributed by atoms with van der Waals surface area (Å²) in [6.07, 6.45) is 1.73. The van der Waals surface area contributed by atoms with Gasteiger partial charge in [-0.05, 0) is 11.6 Å². The van der Waals surface area contributed by atoms with Gasteiger partial charge in [0.25, 0.3) is 0 Å². The molecule has 0 aliphatic heterocycles. The van der Waals surface area contributed by atoms with Crippen LogP contribution in [-0.4, -0.2) is 10.8 Å². The van der Waals surface area contributed by atoms with Crippen LogP contribution in [0, 0.1) is 0 Å². The fourth-order valence-corrected chi connectivity index (χ4v) is 3.39. The zero-order valence-corrected chi connectivity index (χ0v) is 13.3. The topological polar surface area (TPSA) is 43.1 Å². The van der Waals surface area contributed by atoms with Crippen molar-refractivity contribution in [3.8, 4) is 33.9 Å². The molecule has 1 aliphatic carbocycles. The summed E-state index contributed by atoms with van der Waals surface area (Å²) in [5, 5.41) is 0. The Balaban J connectivity index is 1.69. The van der Waals surface area contributed by atoms with Gasteiger partial charge in [0, 0.05) is 27.8 Å². The second kappa shape index (κ2) is 5.28. The number of benzene rings is 3. The molecular weight excluding hydrogens is 310 g/mol. The minimum atomic E-state index is 0.0577. The van der Waals surface area contributed by atoms with Gasteiger partial charge in [-0.2, -0.15) is 0 Å². The van der Waals surface area contributed by atoms with Crippen molar-refractivity contribution >= 4 is 5.78 Å². The SMILES string of the molecule is O=C1c2ccccc2-c2c1cccc2-c1ncc(-c2ccccc2)o1. The van der Waals surface area contributed by atoms with Gasteiger partial charge in [0.15, 0.2) is 11.5 Å². The molecule has 1 aliphatic rings. The first-order valence-electron chi connectivity index (χ1n) is 8.11. The molecule has 1 aromatic heterocycles. The number of carbonyl (C=O) groups excluding carboxylic acids is 1. The van der Waals surface area contributed by atoms with Gasteiger partial charge in [0.2, 0.25) is 5.89 Å². The quantitative estimate of drug-likeness (QED) is 0.447. The zero-order chi connectivity index (χ0) is 16.8.